The molecule has 1 saturated heterocycles. The van der Waals surface area contributed by atoms with Crippen LogP contribution in [0.2, 0.25) is 0 Å². The predicted octanol–water partition coefficient (Wildman–Crippen LogP) is 0.612. The molecule has 0 spiro atoms. The minimum Gasteiger partial charge on any atom is -0.308 e. The molecule has 1 fully saturated rings. The van der Waals surface area contributed by atoms with E-state index in [0.717, 1.165) is 16.8 Å². The van der Waals surface area contributed by atoms with E-state index in [-0.39, 0.29) is 0 Å². The molecule has 4 nitrogen and oxygen atoms in total. The molecule has 5 heteroatoms. The summed E-state index contributed by atoms with van der Waals surface area (Å²) in [6.45, 7) is 1.10. The largest absolute Gasteiger partial charge is 0.308 e. The van der Waals surface area contributed by atoms with E-state index in [1.807, 2.05) is 7.05 Å². The number of hydrogen-bond acceptors (Lipinski definition) is 3. The SMILES string of the molecule is Cn1nnc(Br)c1C1CCN1. The van der Waals surface area contributed by atoms with Gasteiger partial charge in [0.1, 0.15) is 0 Å². The van der Waals surface area contributed by atoms with Crippen molar-refractivity contribution in [3.05, 3.63) is 10.3 Å². The Kier molecular flexibility index (Phi) is 1.69. The number of aryl methyl sites for hydroxylation is 1. The molecule has 2 heterocycles. The molecule has 0 aromatic carbocycles. The molecule has 0 saturated carbocycles. The summed E-state index contributed by atoms with van der Waals surface area (Å²) in [5, 5.41) is 11.1. The fourth-order valence-electron chi connectivity index (χ4n) is 1.23. The maximum Gasteiger partial charge on any atom is 0.153 e. The van der Waals surface area contributed by atoms with Crippen LogP contribution in [0.25, 0.3) is 0 Å². The van der Waals surface area contributed by atoms with E-state index in [1.165, 1.54) is 6.42 Å². The van der Waals surface area contributed by atoms with Crippen LogP contribution in [0, 0.1) is 0 Å². The van der Waals surface area contributed by atoms with Crippen LogP contribution in [0.15, 0.2) is 4.60 Å². The van der Waals surface area contributed by atoms with Crippen LogP contribution in [-0.2, 0) is 7.05 Å². The average molecular weight is 217 g/mol. The fraction of sp³-hybridized carbons (Fsp3) is 0.667. The number of aromatic nitrogens is 3. The molecule has 1 unspecified atom stereocenters. The molecule has 0 bridgehead atoms. The lowest BCUT2D eigenvalue weighted by Gasteiger charge is -2.27. The zero-order valence-corrected chi connectivity index (χ0v) is 7.80. The quantitative estimate of drug-likeness (QED) is 0.749. The van der Waals surface area contributed by atoms with E-state index in [0.29, 0.717) is 6.04 Å². The van der Waals surface area contributed by atoms with Crippen molar-refractivity contribution in [1.29, 1.82) is 0 Å². The first kappa shape index (κ1) is 7.24. The summed E-state index contributed by atoms with van der Waals surface area (Å²) in [5.41, 5.74) is 1.15. The fourth-order valence-corrected chi connectivity index (χ4v) is 1.83. The summed E-state index contributed by atoms with van der Waals surface area (Å²) < 4.78 is 2.66. The highest BCUT2D eigenvalue weighted by Crippen LogP contribution is 2.26. The third-order valence-corrected chi connectivity index (χ3v) is 2.55. The van der Waals surface area contributed by atoms with E-state index in [9.17, 15) is 0 Å². The third kappa shape index (κ3) is 1.08. The van der Waals surface area contributed by atoms with Crippen molar-refractivity contribution in [2.75, 3.05) is 6.54 Å². The Labute approximate surface area is 73.1 Å². The molecular formula is C6H9BrN4. The molecule has 1 N–H and O–H groups in total. The number of nitrogens with zero attached hydrogens (tertiary/aromatic N) is 3. The number of halogens is 1. The van der Waals surface area contributed by atoms with Gasteiger partial charge in [-0.2, -0.15) is 0 Å². The first-order valence-corrected chi connectivity index (χ1v) is 4.37. The van der Waals surface area contributed by atoms with Gasteiger partial charge >= 0.3 is 0 Å². The molecule has 11 heavy (non-hydrogen) atoms. The molecule has 0 aliphatic carbocycles. The Bertz CT molecular complexity index is 246. The van der Waals surface area contributed by atoms with Crippen molar-refractivity contribution in [2.45, 2.75) is 12.5 Å². The lowest BCUT2D eigenvalue weighted by Crippen LogP contribution is -2.36. The van der Waals surface area contributed by atoms with Gasteiger partial charge in [-0.05, 0) is 28.9 Å². The predicted molar refractivity (Wildman–Crippen MR) is 44.1 cm³/mol. The van der Waals surface area contributed by atoms with E-state index in [1.54, 1.807) is 4.68 Å². The van der Waals surface area contributed by atoms with Crippen LogP contribution in [0.1, 0.15) is 18.2 Å². The standard InChI is InChI=1S/C6H9BrN4/c1-11-5(4-2-3-8-4)6(7)9-10-11/h4,8H,2-3H2,1H3. The number of nitrogens with one attached hydrogen (secondary N) is 1. The number of hydrogen-bond donors (Lipinski definition) is 1. The van der Waals surface area contributed by atoms with Gasteiger partial charge in [0.2, 0.25) is 0 Å². The normalized spacial score (nSPS) is 23.3. The summed E-state index contributed by atoms with van der Waals surface area (Å²) in [6, 6.07) is 0.448. The summed E-state index contributed by atoms with van der Waals surface area (Å²) >= 11 is 3.36. The van der Waals surface area contributed by atoms with Gasteiger partial charge in [-0.3, -0.25) is 0 Å². The number of rotatable bonds is 1. The van der Waals surface area contributed by atoms with Crippen molar-refractivity contribution in [2.24, 2.45) is 7.05 Å². The second-order valence-corrected chi connectivity index (χ2v) is 3.44. The Hall–Kier alpha value is -0.420. The summed E-state index contributed by atoms with van der Waals surface area (Å²) in [5.74, 6) is 0. The molecular weight excluding hydrogens is 208 g/mol. The highest BCUT2D eigenvalue weighted by atomic mass is 79.9. The molecule has 1 aromatic heterocycles. The highest BCUT2D eigenvalue weighted by molar-refractivity contribution is 9.10. The lowest BCUT2D eigenvalue weighted by atomic mass is 10.0. The second kappa shape index (κ2) is 2.57. The van der Waals surface area contributed by atoms with Crippen molar-refractivity contribution >= 4 is 15.9 Å². The zero-order chi connectivity index (χ0) is 7.84. The van der Waals surface area contributed by atoms with Crippen LogP contribution in [-0.4, -0.2) is 21.5 Å². The highest BCUT2D eigenvalue weighted by Gasteiger charge is 2.24. The van der Waals surface area contributed by atoms with Gasteiger partial charge in [0.05, 0.1) is 11.7 Å². The van der Waals surface area contributed by atoms with Crippen molar-refractivity contribution in [3.63, 3.8) is 0 Å². The maximum absolute atomic E-state index is 3.91. The van der Waals surface area contributed by atoms with E-state index in [4.69, 9.17) is 0 Å². The Morgan fingerprint density at radius 1 is 1.73 bits per heavy atom. The van der Waals surface area contributed by atoms with Crippen molar-refractivity contribution in [3.8, 4) is 0 Å². The third-order valence-electron chi connectivity index (χ3n) is 1.98. The van der Waals surface area contributed by atoms with Crippen LogP contribution < -0.4 is 5.32 Å². The second-order valence-electron chi connectivity index (χ2n) is 2.68. The Morgan fingerprint density at radius 3 is 2.82 bits per heavy atom. The van der Waals surface area contributed by atoms with Crippen molar-refractivity contribution < 1.29 is 0 Å². The first-order valence-electron chi connectivity index (χ1n) is 3.57. The van der Waals surface area contributed by atoms with Gasteiger partial charge in [0.25, 0.3) is 0 Å². The summed E-state index contributed by atoms with van der Waals surface area (Å²) in [7, 11) is 1.91. The van der Waals surface area contributed by atoms with Crippen molar-refractivity contribution in [1.82, 2.24) is 20.3 Å². The summed E-state index contributed by atoms with van der Waals surface area (Å²) in [4.78, 5) is 0. The molecule has 1 aromatic rings. The van der Waals surface area contributed by atoms with Gasteiger partial charge in [-0.25, -0.2) is 4.68 Å². The topological polar surface area (TPSA) is 42.7 Å². The van der Waals surface area contributed by atoms with E-state index in [2.05, 4.69) is 31.6 Å². The van der Waals surface area contributed by atoms with E-state index < -0.39 is 0 Å². The summed E-state index contributed by atoms with van der Waals surface area (Å²) in [6.07, 6.45) is 1.18. The van der Waals surface area contributed by atoms with Gasteiger partial charge in [-0.15, -0.1) is 5.10 Å². The first-order chi connectivity index (χ1) is 5.29. The molecule has 1 aliphatic heterocycles. The molecule has 2 rings (SSSR count). The Morgan fingerprint density at radius 2 is 2.45 bits per heavy atom. The minimum atomic E-state index is 0.448. The average Bonchev–Trinajstić information content (AvgIpc) is 2.15. The van der Waals surface area contributed by atoms with Gasteiger partial charge in [0, 0.05) is 7.05 Å². The van der Waals surface area contributed by atoms with Crippen LogP contribution >= 0.6 is 15.9 Å². The molecule has 1 aliphatic rings. The zero-order valence-electron chi connectivity index (χ0n) is 6.21. The van der Waals surface area contributed by atoms with Crippen LogP contribution in [0.3, 0.4) is 0 Å². The molecule has 1 atom stereocenters. The Balaban J connectivity index is 2.33. The van der Waals surface area contributed by atoms with Gasteiger partial charge in [0.15, 0.2) is 4.60 Å². The van der Waals surface area contributed by atoms with Gasteiger partial charge in [-0.1, -0.05) is 5.21 Å². The molecule has 0 amide bonds. The molecule has 0 radical (unpaired) electrons. The lowest BCUT2D eigenvalue weighted by molar-refractivity contribution is 0.361. The van der Waals surface area contributed by atoms with Crippen LogP contribution in [0.5, 0.6) is 0 Å². The minimum absolute atomic E-state index is 0.448. The maximum atomic E-state index is 3.91. The molecule has 60 valence electrons. The van der Waals surface area contributed by atoms with Crippen LogP contribution in [0.4, 0.5) is 0 Å². The smallest absolute Gasteiger partial charge is 0.153 e. The van der Waals surface area contributed by atoms with Gasteiger partial charge < -0.3 is 5.32 Å². The van der Waals surface area contributed by atoms with E-state index >= 15 is 0 Å². The monoisotopic (exact) mass is 216 g/mol.